The average molecular weight is 292 g/mol. The van der Waals surface area contributed by atoms with Crippen LogP contribution in [0.5, 0.6) is 5.75 Å². The number of ether oxygens (including phenoxy) is 1. The van der Waals surface area contributed by atoms with Crippen molar-refractivity contribution >= 4 is 5.84 Å². The van der Waals surface area contributed by atoms with Gasteiger partial charge in [-0.25, -0.2) is 8.78 Å². The van der Waals surface area contributed by atoms with Gasteiger partial charge in [0.2, 0.25) is 0 Å². The van der Waals surface area contributed by atoms with E-state index in [1.54, 1.807) is 25.1 Å². The maximum Gasteiger partial charge on any atom is 0.170 e. The molecule has 4 nitrogen and oxygen atoms in total. The van der Waals surface area contributed by atoms with Gasteiger partial charge in [0.25, 0.3) is 0 Å². The molecular weight excluding hydrogens is 278 g/mol. The second-order valence-electron chi connectivity index (χ2n) is 4.47. The predicted molar refractivity (Wildman–Crippen MR) is 74.4 cm³/mol. The molecule has 0 atom stereocenters. The molecule has 0 radical (unpaired) electrons. The second-order valence-corrected chi connectivity index (χ2v) is 4.47. The number of hydrogen-bond acceptors (Lipinski definition) is 3. The topological polar surface area (TPSA) is 67.8 Å². The van der Waals surface area contributed by atoms with Crippen LogP contribution in [0.1, 0.15) is 16.7 Å². The van der Waals surface area contributed by atoms with Gasteiger partial charge in [-0.1, -0.05) is 29.4 Å². The molecule has 0 aliphatic heterocycles. The van der Waals surface area contributed by atoms with Crippen molar-refractivity contribution in [3.63, 3.8) is 0 Å². The van der Waals surface area contributed by atoms with Crippen molar-refractivity contribution in [2.24, 2.45) is 10.9 Å². The molecule has 0 aromatic heterocycles. The van der Waals surface area contributed by atoms with E-state index in [1.165, 1.54) is 12.1 Å². The first-order chi connectivity index (χ1) is 10.0. The van der Waals surface area contributed by atoms with Gasteiger partial charge in [0.1, 0.15) is 12.4 Å². The Labute approximate surface area is 120 Å². The number of nitrogens with zero attached hydrogens (tertiary/aromatic N) is 1. The van der Waals surface area contributed by atoms with Gasteiger partial charge in [0, 0.05) is 11.1 Å². The van der Waals surface area contributed by atoms with Crippen LogP contribution in [0.15, 0.2) is 41.6 Å². The number of halogens is 2. The van der Waals surface area contributed by atoms with E-state index in [4.69, 9.17) is 15.7 Å². The highest BCUT2D eigenvalue weighted by Gasteiger charge is 2.10. The zero-order chi connectivity index (χ0) is 15.4. The van der Waals surface area contributed by atoms with Crippen LogP contribution in [0.3, 0.4) is 0 Å². The van der Waals surface area contributed by atoms with Crippen LogP contribution >= 0.6 is 0 Å². The summed E-state index contributed by atoms with van der Waals surface area (Å²) in [5, 5.41) is 11.6. The Kier molecular flexibility index (Phi) is 4.37. The minimum absolute atomic E-state index is 0.0585. The highest BCUT2D eigenvalue weighted by molar-refractivity contribution is 5.97. The van der Waals surface area contributed by atoms with Crippen LogP contribution < -0.4 is 10.5 Å². The van der Waals surface area contributed by atoms with E-state index >= 15 is 0 Å². The summed E-state index contributed by atoms with van der Waals surface area (Å²) in [4.78, 5) is 0. The Morgan fingerprint density at radius 3 is 2.76 bits per heavy atom. The summed E-state index contributed by atoms with van der Waals surface area (Å²) < 4.78 is 32.1. The van der Waals surface area contributed by atoms with Gasteiger partial charge in [-0.15, -0.1) is 0 Å². The molecule has 110 valence electrons. The van der Waals surface area contributed by atoms with Crippen LogP contribution in [0.25, 0.3) is 0 Å². The number of hydrogen-bond donors (Lipinski definition) is 2. The maximum absolute atomic E-state index is 13.5. The molecule has 0 aliphatic rings. The summed E-state index contributed by atoms with van der Waals surface area (Å²) in [5.41, 5.74) is 6.88. The minimum atomic E-state index is -0.928. The standard InChI is InChI=1S/C15H14F2N2O2/c1-9-5-6-10(15(18)19-20)7-13(9)21-8-11-3-2-4-12(16)14(11)17/h2-7,20H,8H2,1H3,(H2,18,19). The van der Waals surface area contributed by atoms with E-state index in [1.807, 2.05) is 0 Å². The highest BCUT2D eigenvalue weighted by Crippen LogP contribution is 2.22. The summed E-state index contributed by atoms with van der Waals surface area (Å²) in [6.45, 7) is 1.68. The molecule has 0 amide bonds. The fraction of sp³-hybridized carbons (Fsp3) is 0.133. The molecule has 0 aliphatic carbocycles. The van der Waals surface area contributed by atoms with Crippen LogP contribution in [0, 0.1) is 18.6 Å². The van der Waals surface area contributed by atoms with E-state index in [-0.39, 0.29) is 18.0 Å². The van der Waals surface area contributed by atoms with E-state index < -0.39 is 11.6 Å². The number of aryl methyl sites for hydroxylation is 1. The third kappa shape index (κ3) is 3.28. The van der Waals surface area contributed by atoms with E-state index in [0.29, 0.717) is 11.3 Å². The largest absolute Gasteiger partial charge is 0.488 e. The Balaban J connectivity index is 2.22. The fourth-order valence-electron chi connectivity index (χ4n) is 1.79. The van der Waals surface area contributed by atoms with Crippen LogP contribution in [-0.4, -0.2) is 11.0 Å². The van der Waals surface area contributed by atoms with E-state index in [0.717, 1.165) is 11.6 Å². The van der Waals surface area contributed by atoms with Gasteiger partial charge in [-0.05, 0) is 24.6 Å². The molecule has 0 saturated carbocycles. The molecule has 2 aromatic carbocycles. The second kappa shape index (κ2) is 6.21. The summed E-state index contributed by atoms with van der Waals surface area (Å²) >= 11 is 0. The molecule has 6 heteroatoms. The van der Waals surface area contributed by atoms with Crippen molar-refractivity contribution in [3.8, 4) is 5.75 Å². The van der Waals surface area contributed by atoms with Crippen LogP contribution in [0.2, 0.25) is 0 Å². The number of nitrogens with two attached hydrogens (primary N) is 1. The van der Waals surface area contributed by atoms with Gasteiger partial charge in [0.05, 0.1) is 0 Å². The Bertz CT molecular complexity index is 687. The monoisotopic (exact) mass is 292 g/mol. The quantitative estimate of drug-likeness (QED) is 0.394. The molecule has 2 rings (SSSR count). The lowest BCUT2D eigenvalue weighted by Crippen LogP contribution is -2.13. The summed E-state index contributed by atoms with van der Waals surface area (Å²) in [7, 11) is 0. The highest BCUT2D eigenvalue weighted by atomic mass is 19.2. The van der Waals surface area contributed by atoms with Crippen molar-refractivity contribution in [3.05, 3.63) is 64.7 Å². The van der Waals surface area contributed by atoms with E-state index in [9.17, 15) is 8.78 Å². The first-order valence-corrected chi connectivity index (χ1v) is 6.17. The molecule has 0 spiro atoms. The van der Waals surface area contributed by atoms with Crippen molar-refractivity contribution in [2.45, 2.75) is 13.5 Å². The zero-order valence-electron chi connectivity index (χ0n) is 11.3. The smallest absolute Gasteiger partial charge is 0.170 e. The fourth-order valence-corrected chi connectivity index (χ4v) is 1.79. The lowest BCUT2D eigenvalue weighted by atomic mass is 10.1. The van der Waals surface area contributed by atoms with Crippen molar-refractivity contribution < 1.29 is 18.7 Å². The third-order valence-corrected chi connectivity index (χ3v) is 3.01. The van der Waals surface area contributed by atoms with Crippen molar-refractivity contribution in [2.75, 3.05) is 0 Å². The lowest BCUT2D eigenvalue weighted by molar-refractivity contribution is 0.295. The first kappa shape index (κ1) is 14.8. The van der Waals surface area contributed by atoms with Crippen LogP contribution in [0.4, 0.5) is 8.78 Å². The third-order valence-electron chi connectivity index (χ3n) is 3.01. The molecule has 0 unspecified atom stereocenters. The molecule has 0 heterocycles. The van der Waals surface area contributed by atoms with Gasteiger partial charge < -0.3 is 15.7 Å². The number of rotatable bonds is 4. The zero-order valence-corrected chi connectivity index (χ0v) is 11.3. The van der Waals surface area contributed by atoms with E-state index in [2.05, 4.69) is 5.16 Å². The summed E-state index contributed by atoms with van der Waals surface area (Å²) in [6.07, 6.45) is 0. The SMILES string of the molecule is Cc1ccc(/C(N)=N/O)cc1OCc1cccc(F)c1F. The Hall–Kier alpha value is -2.63. The lowest BCUT2D eigenvalue weighted by Gasteiger charge is -2.11. The summed E-state index contributed by atoms with van der Waals surface area (Å²) in [5.74, 6) is -1.46. The average Bonchev–Trinajstić information content (AvgIpc) is 2.49. The molecule has 3 N–H and O–H groups in total. The Morgan fingerprint density at radius 2 is 2.05 bits per heavy atom. The van der Waals surface area contributed by atoms with Gasteiger partial charge in [-0.2, -0.15) is 0 Å². The molecule has 0 fully saturated rings. The predicted octanol–water partition coefficient (Wildman–Crippen LogP) is 2.95. The first-order valence-electron chi connectivity index (χ1n) is 6.17. The number of benzene rings is 2. The van der Waals surface area contributed by atoms with Gasteiger partial charge in [-0.3, -0.25) is 0 Å². The Morgan fingerprint density at radius 1 is 1.29 bits per heavy atom. The summed E-state index contributed by atoms with van der Waals surface area (Å²) in [6, 6.07) is 8.87. The molecule has 0 bridgehead atoms. The minimum Gasteiger partial charge on any atom is -0.488 e. The normalized spacial score (nSPS) is 11.5. The van der Waals surface area contributed by atoms with Crippen molar-refractivity contribution in [1.82, 2.24) is 0 Å². The molecule has 2 aromatic rings. The van der Waals surface area contributed by atoms with Crippen LogP contribution in [-0.2, 0) is 6.61 Å². The maximum atomic E-state index is 13.5. The van der Waals surface area contributed by atoms with Gasteiger partial charge >= 0.3 is 0 Å². The molecule has 21 heavy (non-hydrogen) atoms. The molecule has 0 saturated heterocycles. The van der Waals surface area contributed by atoms with Crippen molar-refractivity contribution in [1.29, 1.82) is 0 Å². The number of oxime groups is 1. The van der Waals surface area contributed by atoms with Gasteiger partial charge in [0.15, 0.2) is 17.5 Å². The molecular formula is C15H14F2N2O2. The number of amidine groups is 1.